The maximum atomic E-state index is 12.5. The number of methoxy groups -OCH3 is 1. The van der Waals surface area contributed by atoms with E-state index >= 15 is 0 Å². The van der Waals surface area contributed by atoms with Crippen LogP contribution in [0, 0.1) is 0 Å². The number of rotatable bonds is 4. The highest BCUT2D eigenvalue weighted by atomic mass is 16.5. The number of ketones is 1. The van der Waals surface area contributed by atoms with Crippen molar-refractivity contribution in [3.63, 3.8) is 0 Å². The van der Waals surface area contributed by atoms with Gasteiger partial charge < -0.3 is 15.0 Å². The molecule has 0 aliphatic heterocycles. The van der Waals surface area contributed by atoms with Gasteiger partial charge in [-0.25, -0.2) is 4.98 Å². The normalized spacial score (nSPS) is 13.1. The van der Waals surface area contributed by atoms with Crippen LogP contribution >= 0.6 is 0 Å². The predicted octanol–water partition coefficient (Wildman–Crippen LogP) is 2.63. The summed E-state index contributed by atoms with van der Waals surface area (Å²) in [6, 6.07) is 10.9. The first-order valence-corrected chi connectivity index (χ1v) is 8.11. The molecule has 0 atom stereocenters. The highest BCUT2D eigenvalue weighted by molar-refractivity contribution is 6.05. The fourth-order valence-corrected chi connectivity index (χ4v) is 3.21. The van der Waals surface area contributed by atoms with E-state index in [1.165, 1.54) is 0 Å². The van der Waals surface area contributed by atoms with E-state index in [4.69, 9.17) is 4.74 Å². The fourth-order valence-electron chi connectivity index (χ4n) is 3.21. The van der Waals surface area contributed by atoms with Crippen LogP contribution in [0.2, 0.25) is 0 Å². The van der Waals surface area contributed by atoms with Crippen LogP contribution in [0.25, 0.3) is 11.0 Å². The second-order valence-electron chi connectivity index (χ2n) is 6.00. The number of carbonyl (C=O) groups excluding carboxylic acids is 2. The van der Waals surface area contributed by atoms with Crippen molar-refractivity contribution in [3.05, 3.63) is 58.9 Å². The number of hydrogen-bond donors (Lipinski definition) is 2. The van der Waals surface area contributed by atoms with Crippen LogP contribution in [0.15, 0.2) is 36.4 Å². The molecule has 1 amide bonds. The Hall–Kier alpha value is -3.15. The molecule has 2 N–H and O–H groups in total. The molecule has 2 aromatic carbocycles. The number of benzene rings is 2. The zero-order chi connectivity index (χ0) is 17.4. The Bertz CT molecular complexity index is 991. The van der Waals surface area contributed by atoms with Gasteiger partial charge >= 0.3 is 0 Å². The van der Waals surface area contributed by atoms with E-state index < -0.39 is 0 Å². The Morgan fingerprint density at radius 2 is 2.16 bits per heavy atom. The Morgan fingerprint density at radius 3 is 3.00 bits per heavy atom. The molecule has 0 saturated carbocycles. The maximum absolute atomic E-state index is 12.5. The molecule has 0 unspecified atom stereocenters. The van der Waals surface area contributed by atoms with Gasteiger partial charge in [0.1, 0.15) is 11.6 Å². The minimum Gasteiger partial charge on any atom is -0.497 e. The van der Waals surface area contributed by atoms with E-state index in [1.807, 2.05) is 18.2 Å². The zero-order valence-electron chi connectivity index (χ0n) is 13.8. The van der Waals surface area contributed by atoms with Gasteiger partial charge in [-0.15, -0.1) is 0 Å². The lowest BCUT2D eigenvalue weighted by atomic mass is 10.0. The summed E-state index contributed by atoms with van der Waals surface area (Å²) in [5.41, 5.74) is 3.76. The van der Waals surface area contributed by atoms with Gasteiger partial charge in [-0.05, 0) is 30.2 Å². The van der Waals surface area contributed by atoms with Crippen LogP contribution in [-0.2, 0) is 13.0 Å². The van der Waals surface area contributed by atoms with Crippen molar-refractivity contribution >= 4 is 22.7 Å². The predicted molar refractivity (Wildman–Crippen MR) is 92.9 cm³/mol. The quantitative estimate of drug-likeness (QED) is 0.768. The smallest absolute Gasteiger partial charge is 0.251 e. The summed E-state index contributed by atoms with van der Waals surface area (Å²) in [6.07, 6.45) is 1.10. The molecule has 6 heteroatoms. The first kappa shape index (κ1) is 15.4. The number of aromatic nitrogens is 2. The molecule has 0 bridgehead atoms. The molecule has 4 rings (SSSR count). The van der Waals surface area contributed by atoms with Crippen molar-refractivity contribution in [2.75, 3.05) is 7.11 Å². The number of Topliss-reactive ketones (excluding diaryl/α,β-unsaturated/α-hetero) is 1. The Labute approximate surface area is 144 Å². The number of imidazole rings is 1. The lowest BCUT2D eigenvalue weighted by Gasteiger charge is -2.07. The summed E-state index contributed by atoms with van der Waals surface area (Å²) >= 11 is 0. The van der Waals surface area contributed by atoms with E-state index in [1.54, 1.807) is 25.3 Å². The second kappa shape index (κ2) is 6.05. The van der Waals surface area contributed by atoms with Crippen LogP contribution in [0.4, 0.5) is 0 Å². The standard InChI is InChI=1S/C19H17N3O3/c1-25-11-5-7-15-16(9-11)22-18(21-15)10-20-19(24)14-4-2-3-13-12(14)6-8-17(13)23/h2-5,7,9H,6,8,10H2,1H3,(H,20,24)(H,21,22). The minimum atomic E-state index is -0.190. The number of amides is 1. The van der Waals surface area contributed by atoms with Gasteiger partial charge in [0.15, 0.2) is 5.78 Å². The number of nitrogens with zero attached hydrogens (tertiary/aromatic N) is 1. The summed E-state index contributed by atoms with van der Waals surface area (Å²) in [5, 5.41) is 2.87. The molecule has 0 spiro atoms. The highest BCUT2D eigenvalue weighted by Crippen LogP contribution is 2.25. The van der Waals surface area contributed by atoms with Crippen LogP contribution in [0.3, 0.4) is 0 Å². The van der Waals surface area contributed by atoms with Gasteiger partial charge in [0, 0.05) is 23.6 Å². The molecule has 0 saturated heterocycles. The van der Waals surface area contributed by atoms with Crippen molar-refractivity contribution in [3.8, 4) is 5.75 Å². The van der Waals surface area contributed by atoms with Crippen molar-refractivity contribution in [1.29, 1.82) is 0 Å². The topological polar surface area (TPSA) is 84.1 Å². The minimum absolute atomic E-state index is 0.107. The number of aromatic amines is 1. The molecule has 0 fully saturated rings. The number of fused-ring (bicyclic) bond motifs is 2. The third-order valence-corrected chi connectivity index (χ3v) is 4.48. The molecule has 6 nitrogen and oxygen atoms in total. The van der Waals surface area contributed by atoms with Crippen LogP contribution < -0.4 is 10.1 Å². The van der Waals surface area contributed by atoms with E-state index in [9.17, 15) is 9.59 Å². The number of H-pyrrole nitrogens is 1. The molecule has 1 heterocycles. The highest BCUT2D eigenvalue weighted by Gasteiger charge is 2.24. The number of ether oxygens (including phenoxy) is 1. The zero-order valence-corrected chi connectivity index (χ0v) is 13.8. The monoisotopic (exact) mass is 335 g/mol. The van der Waals surface area contributed by atoms with Gasteiger partial charge in [-0.1, -0.05) is 12.1 Å². The second-order valence-corrected chi connectivity index (χ2v) is 6.00. The van der Waals surface area contributed by atoms with Gasteiger partial charge in [0.2, 0.25) is 0 Å². The van der Waals surface area contributed by atoms with Crippen LogP contribution in [0.5, 0.6) is 5.75 Å². The first-order valence-electron chi connectivity index (χ1n) is 8.11. The Morgan fingerprint density at radius 1 is 1.28 bits per heavy atom. The van der Waals surface area contributed by atoms with Crippen molar-refractivity contribution < 1.29 is 14.3 Å². The molecule has 3 aromatic rings. The average Bonchev–Trinajstić information content (AvgIpc) is 3.22. The Kier molecular flexibility index (Phi) is 3.72. The van der Waals surface area contributed by atoms with Gasteiger partial charge in [0.25, 0.3) is 5.91 Å². The summed E-state index contributed by atoms with van der Waals surface area (Å²) in [4.78, 5) is 32.0. The van der Waals surface area contributed by atoms with E-state index in [0.717, 1.165) is 22.3 Å². The molecule has 1 aliphatic rings. The summed E-state index contributed by atoms with van der Waals surface area (Å²) < 4.78 is 5.19. The van der Waals surface area contributed by atoms with Crippen LogP contribution in [0.1, 0.15) is 38.5 Å². The van der Waals surface area contributed by atoms with Gasteiger partial charge in [-0.3, -0.25) is 9.59 Å². The number of carbonyl (C=O) groups is 2. The molecule has 1 aromatic heterocycles. The molecule has 0 radical (unpaired) electrons. The lowest BCUT2D eigenvalue weighted by Crippen LogP contribution is -2.24. The van der Waals surface area contributed by atoms with Crippen molar-refractivity contribution in [2.24, 2.45) is 0 Å². The van der Waals surface area contributed by atoms with Gasteiger partial charge in [-0.2, -0.15) is 0 Å². The van der Waals surface area contributed by atoms with E-state index in [-0.39, 0.29) is 18.2 Å². The third kappa shape index (κ3) is 2.76. The largest absolute Gasteiger partial charge is 0.497 e. The van der Waals surface area contributed by atoms with Crippen LogP contribution in [-0.4, -0.2) is 28.8 Å². The van der Waals surface area contributed by atoms with E-state index in [0.29, 0.717) is 29.8 Å². The number of hydrogen-bond acceptors (Lipinski definition) is 4. The lowest BCUT2D eigenvalue weighted by molar-refractivity contribution is 0.0948. The summed E-state index contributed by atoms with van der Waals surface area (Å²) in [5.74, 6) is 1.33. The molecular formula is C19H17N3O3. The molecule has 126 valence electrons. The summed E-state index contributed by atoms with van der Waals surface area (Å²) in [7, 11) is 1.61. The number of nitrogens with one attached hydrogen (secondary N) is 2. The van der Waals surface area contributed by atoms with Crippen molar-refractivity contribution in [1.82, 2.24) is 15.3 Å². The molecular weight excluding hydrogens is 318 g/mol. The Balaban J connectivity index is 1.52. The van der Waals surface area contributed by atoms with E-state index in [2.05, 4.69) is 15.3 Å². The molecule has 25 heavy (non-hydrogen) atoms. The molecule has 1 aliphatic carbocycles. The first-order chi connectivity index (χ1) is 12.2. The summed E-state index contributed by atoms with van der Waals surface area (Å²) in [6.45, 7) is 0.285. The van der Waals surface area contributed by atoms with Gasteiger partial charge in [0.05, 0.1) is 24.7 Å². The maximum Gasteiger partial charge on any atom is 0.251 e. The fraction of sp³-hybridized carbons (Fsp3) is 0.211. The average molecular weight is 335 g/mol. The third-order valence-electron chi connectivity index (χ3n) is 4.48. The van der Waals surface area contributed by atoms with Crippen molar-refractivity contribution in [2.45, 2.75) is 19.4 Å². The SMILES string of the molecule is COc1ccc2nc(CNC(=O)c3cccc4c3CCC4=O)[nH]c2c1.